The summed E-state index contributed by atoms with van der Waals surface area (Å²) in [4.78, 5) is 4.72. The summed E-state index contributed by atoms with van der Waals surface area (Å²) in [5.41, 5.74) is 1.35. The number of aromatic amines is 1. The number of hydrogen-bond acceptors (Lipinski definition) is 2. The lowest BCUT2D eigenvalue weighted by atomic mass is 10.0. The molecule has 0 amide bonds. The van der Waals surface area contributed by atoms with E-state index in [9.17, 15) is 0 Å². The SMILES string of the molecule is CC(C)Cc1[nH]c(=S)sc1C(C)C. The van der Waals surface area contributed by atoms with Crippen LogP contribution in [0.2, 0.25) is 0 Å². The van der Waals surface area contributed by atoms with Gasteiger partial charge in [0.25, 0.3) is 0 Å². The van der Waals surface area contributed by atoms with E-state index in [0.29, 0.717) is 11.8 Å². The van der Waals surface area contributed by atoms with E-state index in [1.54, 1.807) is 11.3 Å². The van der Waals surface area contributed by atoms with Gasteiger partial charge in [-0.15, -0.1) is 11.3 Å². The highest BCUT2D eigenvalue weighted by molar-refractivity contribution is 7.73. The zero-order chi connectivity index (χ0) is 10.0. The fourth-order valence-corrected chi connectivity index (χ4v) is 2.66. The standard InChI is InChI=1S/C10H17NS2/c1-6(2)5-8-9(7(3)4)13-10(12)11-8/h6-7H,5H2,1-4H3,(H,11,12). The average molecular weight is 215 g/mol. The van der Waals surface area contributed by atoms with Gasteiger partial charge in [-0.25, -0.2) is 0 Å². The maximum absolute atomic E-state index is 5.16. The second-order valence-electron chi connectivity index (χ2n) is 4.11. The molecule has 0 spiro atoms. The Labute approximate surface area is 89.2 Å². The summed E-state index contributed by atoms with van der Waals surface area (Å²) in [6.45, 7) is 8.91. The molecule has 1 aromatic heterocycles. The smallest absolute Gasteiger partial charge is 0.158 e. The first-order valence-corrected chi connectivity index (χ1v) is 5.95. The molecule has 0 radical (unpaired) electrons. The van der Waals surface area contributed by atoms with Gasteiger partial charge in [-0.2, -0.15) is 0 Å². The fourth-order valence-electron chi connectivity index (χ4n) is 1.40. The monoisotopic (exact) mass is 215 g/mol. The first-order chi connectivity index (χ1) is 6.00. The molecule has 0 saturated heterocycles. The minimum absolute atomic E-state index is 0.590. The number of H-pyrrole nitrogens is 1. The lowest BCUT2D eigenvalue weighted by Gasteiger charge is -2.07. The summed E-state index contributed by atoms with van der Waals surface area (Å²) in [7, 11) is 0. The van der Waals surface area contributed by atoms with Gasteiger partial charge in [0, 0.05) is 10.6 Å². The van der Waals surface area contributed by atoms with Crippen LogP contribution in [0, 0.1) is 9.87 Å². The van der Waals surface area contributed by atoms with E-state index in [1.165, 1.54) is 10.6 Å². The second-order valence-corrected chi connectivity index (χ2v) is 5.83. The van der Waals surface area contributed by atoms with Crippen LogP contribution in [-0.2, 0) is 6.42 Å². The van der Waals surface area contributed by atoms with Crippen LogP contribution in [0.25, 0.3) is 0 Å². The van der Waals surface area contributed by atoms with Crippen molar-refractivity contribution in [3.05, 3.63) is 14.5 Å². The molecule has 3 heteroatoms. The van der Waals surface area contributed by atoms with Crippen molar-refractivity contribution < 1.29 is 0 Å². The molecule has 1 heterocycles. The second kappa shape index (κ2) is 4.38. The zero-order valence-corrected chi connectivity index (χ0v) is 10.3. The maximum Gasteiger partial charge on any atom is 0.158 e. The maximum atomic E-state index is 5.16. The first kappa shape index (κ1) is 10.9. The average Bonchev–Trinajstić information content (AvgIpc) is 2.29. The normalized spacial score (nSPS) is 11.5. The number of aromatic nitrogens is 1. The Kier molecular flexibility index (Phi) is 3.68. The third kappa shape index (κ3) is 2.92. The first-order valence-electron chi connectivity index (χ1n) is 4.72. The molecular formula is C10H17NS2. The molecule has 1 N–H and O–H groups in total. The van der Waals surface area contributed by atoms with Crippen molar-refractivity contribution >= 4 is 23.6 Å². The highest BCUT2D eigenvalue weighted by Gasteiger charge is 2.10. The van der Waals surface area contributed by atoms with Gasteiger partial charge in [0.15, 0.2) is 3.95 Å². The van der Waals surface area contributed by atoms with Crippen molar-refractivity contribution in [2.45, 2.75) is 40.0 Å². The zero-order valence-electron chi connectivity index (χ0n) is 8.68. The third-order valence-electron chi connectivity index (χ3n) is 1.89. The Morgan fingerprint density at radius 2 is 1.92 bits per heavy atom. The minimum Gasteiger partial charge on any atom is -0.341 e. The molecule has 0 aromatic carbocycles. The van der Waals surface area contributed by atoms with Crippen LogP contribution in [-0.4, -0.2) is 4.98 Å². The predicted octanol–water partition coefficient (Wildman–Crippen LogP) is 4.13. The molecular weight excluding hydrogens is 198 g/mol. The Morgan fingerprint density at radius 1 is 1.31 bits per heavy atom. The van der Waals surface area contributed by atoms with Gasteiger partial charge in [0.2, 0.25) is 0 Å². The van der Waals surface area contributed by atoms with Crippen LogP contribution >= 0.6 is 23.6 Å². The molecule has 0 fully saturated rings. The van der Waals surface area contributed by atoms with Gasteiger partial charge < -0.3 is 4.98 Å². The predicted molar refractivity (Wildman–Crippen MR) is 62.1 cm³/mol. The summed E-state index contributed by atoms with van der Waals surface area (Å²) in [5, 5.41) is 0. The molecule has 0 atom stereocenters. The number of hydrogen-bond donors (Lipinski definition) is 1. The van der Waals surface area contributed by atoms with Crippen molar-refractivity contribution in [2.75, 3.05) is 0 Å². The van der Waals surface area contributed by atoms with Crippen molar-refractivity contribution in [1.82, 2.24) is 4.98 Å². The van der Waals surface area contributed by atoms with Crippen LogP contribution in [0.4, 0.5) is 0 Å². The van der Waals surface area contributed by atoms with Crippen molar-refractivity contribution in [1.29, 1.82) is 0 Å². The molecule has 13 heavy (non-hydrogen) atoms. The summed E-state index contributed by atoms with van der Waals surface area (Å²) in [6.07, 6.45) is 1.11. The lowest BCUT2D eigenvalue weighted by molar-refractivity contribution is 0.630. The molecule has 0 saturated carbocycles. The van der Waals surface area contributed by atoms with Gasteiger partial charge in [0.05, 0.1) is 0 Å². The molecule has 1 aromatic rings. The molecule has 0 bridgehead atoms. The van der Waals surface area contributed by atoms with Crippen LogP contribution in [0.5, 0.6) is 0 Å². The van der Waals surface area contributed by atoms with Gasteiger partial charge in [0.1, 0.15) is 0 Å². The van der Waals surface area contributed by atoms with E-state index in [-0.39, 0.29) is 0 Å². The molecule has 1 rings (SSSR count). The van der Waals surface area contributed by atoms with E-state index < -0.39 is 0 Å². The van der Waals surface area contributed by atoms with Crippen molar-refractivity contribution in [3.63, 3.8) is 0 Å². The van der Waals surface area contributed by atoms with Crippen LogP contribution in [0.1, 0.15) is 44.2 Å². The lowest BCUT2D eigenvalue weighted by Crippen LogP contribution is -1.98. The topological polar surface area (TPSA) is 15.8 Å². The number of rotatable bonds is 3. The molecule has 0 aliphatic carbocycles. The summed E-state index contributed by atoms with van der Waals surface area (Å²) in [6, 6.07) is 0. The van der Waals surface area contributed by atoms with Crippen LogP contribution in [0.3, 0.4) is 0 Å². The van der Waals surface area contributed by atoms with Crippen molar-refractivity contribution in [3.8, 4) is 0 Å². The Balaban J connectivity index is 2.97. The summed E-state index contributed by atoms with van der Waals surface area (Å²) in [5.74, 6) is 1.28. The highest BCUT2D eigenvalue weighted by Crippen LogP contribution is 2.26. The molecule has 0 unspecified atom stereocenters. The minimum atomic E-state index is 0.590. The van der Waals surface area contributed by atoms with E-state index >= 15 is 0 Å². The number of thiazole rings is 1. The van der Waals surface area contributed by atoms with Crippen molar-refractivity contribution in [2.24, 2.45) is 5.92 Å². The van der Waals surface area contributed by atoms with Gasteiger partial charge in [-0.3, -0.25) is 0 Å². The molecule has 0 aliphatic heterocycles. The van der Waals surface area contributed by atoms with Gasteiger partial charge >= 0.3 is 0 Å². The molecule has 0 aliphatic rings. The fraction of sp³-hybridized carbons (Fsp3) is 0.700. The highest BCUT2D eigenvalue weighted by atomic mass is 32.1. The summed E-state index contributed by atoms with van der Waals surface area (Å²) >= 11 is 6.88. The quantitative estimate of drug-likeness (QED) is 0.750. The van der Waals surface area contributed by atoms with Gasteiger partial charge in [-0.1, -0.05) is 27.7 Å². The Bertz CT molecular complexity index is 320. The van der Waals surface area contributed by atoms with E-state index in [4.69, 9.17) is 12.2 Å². The van der Waals surface area contributed by atoms with Crippen LogP contribution in [0.15, 0.2) is 0 Å². The van der Waals surface area contributed by atoms with Gasteiger partial charge in [-0.05, 0) is 30.5 Å². The van der Waals surface area contributed by atoms with E-state index in [1.807, 2.05) is 0 Å². The largest absolute Gasteiger partial charge is 0.341 e. The van der Waals surface area contributed by atoms with Crippen LogP contribution < -0.4 is 0 Å². The van der Waals surface area contributed by atoms with E-state index in [0.717, 1.165) is 10.4 Å². The Morgan fingerprint density at radius 3 is 2.38 bits per heavy atom. The summed E-state index contributed by atoms with van der Waals surface area (Å²) < 4.78 is 0.916. The Hall–Kier alpha value is -0.150. The molecule has 1 nitrogen and oxygen atoms in total. The van der Waals surface area contributed by atoms with E-state index in [2.05, 4.69) is 32.7 Å². The molecule has 74 valence electrons. The third-order valence-corrected chi connectivity index (χ3v) is 3.47. The number of nitrogens with one attached hydrogen (secondary N) is 1.